The van der Waals surface area contributed by atoms with E-state index in [2.05, 4.69) is 11.2 Å². The summed E-state index contributed by atoms with van der Waals surface area (Å²) in [5.74, 6) is 0.840. The van der Waals surface area contributed by atoms with Crippen LogP contribution in [0.5, 0.6) is 5.75 Å². The van der Waals surface area contributed by atoms with Gasteiger partial charge in [-0.3, -0.25) is 9.48 Å². The van der Waals surface area contributed by atoms with Gasteiger partial charge >= 0.3 is 5.97 Å². The lowest BCUT2D eigenvalue weighted by atomic mass is 9.87. The van der Waals surface area contributed by atoms with E-state index in [1.54, 1.807) is 6.20 Å². The predicted octanol–water partition coefficient (Wildman–Crippen LogP) is 2.56. The Morgan fingerprint density at radius 2 is 2.30 bits per heavy atom. The van der Waals surface area contributed by atoms with E-state index >= 15 is 0 Å². The fourth-order valence-electron chi connectivity index (χ4n) is 3.60. The number of hydrogen-bond acceptors (Lipinski definition) is 4. The van der Waals surface area contributed by atoms with Crippen LogP contribution in [0.4, 0.5) is 0 Å². The molecule has 0 unspecified atom stereocenters. The van der Waals surface area contributed by atoms with Crippen molar-refractivity contribution in [2.45, 2.75) is 31.2 Å². The number of aromatic nitrogens is 2. The minimum atomic E-state index is -0.0674. The van der Waals surface area contributed by atoms with Crippen molar-refractivity contribution in [2.75, 3.05) is 13.2 Å². The Kier molecular flexibility index (Phi) is 3.56. The van der Waals surface area contributed by atoms with Gasteiger partial charge in [-0.05, 0) is 25.0 Å². The van der Waals surface area contributed by atoms with Gasteiger partial charge in [-0.15, -0.1) is 0 Å². The number of hydrogen-bond donors (Lipinski definition) is 0. The lowest BCUT2D eigenvalue weighted by molar-refractivity contribution is -0.146. The molecule has 0 amide bonds. The average molecular weight is 312 g/mol. The third-order valence-corrected chi connectivity index (χ3v) is 4.92. The Balaban J connectivity index is 1.33. The molecule has 5 heteroatoms. The summed E-state index contributed by atoms with van der Waals surface area (Å²) in [7, 11) is 0. The van der Waals surface area contributed by atoms with Crippen LogP contribution in [0.1, 0.15) is 24.8 Å². The maximum atomic E-state index is 12.4. The Hall–Kier alpha value is -2.30. The van der Waals surface area contributed by atoms with Crippen LogP contribution in [0.25, 0.3) is 0 Å². The molecule has 1 spiro atoms. The van der Waals surface area contributed by atoms with E-state index in [1.807, 2.05) is 35.1 Å². The summed E-state index contributed by atoms with van der Waals surface area (Å²) in [6.45, 7) is 1.90. The number of carbonyl (C=O) groups is 1. The molecule has 5 nitrogen and oxygen atoms in total. The van der Waals surface area contributed by atoms with Crippen LogP contribution < -0.4 is 4.74 Å². The second-order valence-electron chi connectivity index (χ2n) is 6.30. The van der Waals surface area contributed by atoms with Crippen LogP contribution in [0.2, 0.25) is 0 Å². The number of nitrogens with zero attached hydrogens (tertiary/aromatic N) is 2. The maximum absolute atomic E-state index is 12.4. The van der Waals surface area contributed by atoms with Gasteiger partial charge in [0.25, 0.3) is 0 Å². The first kappa shape index (κ1) is 14.3. The predicted molar refractivity (Wildman–Crippen MR) is 84.1 cm³/mol. The minimum Gasteiger partial charge on any atom is -0.493 e. The summed E-state index contributed by atoms with van der Waals surface area (Å²) < 4.78 is 13.0. The molecule has 120 valence electrons. The highest BCUT2D eigenvalue weighted by atomic mass is 16.5. The number of carbonyl (C=O) groups excluding carboxylic acids is 1. The van der Waals surface area contributed by atoms with Crippen LogP contribution in [0, 0.1) is 5.92 Å². The highest BCUT2D eigenvalue weighted by Crippen LogP contribution is 2.60. The third kappa shape index (κ3) is 2.60. The molecule has 1 aromatic carbocycles. The Labute approximate surface area is 135 Å². The lowest BCUT2D eigenvalue weighted by Crippen LogP contribution is -2.25. The van der Waals surface area contributed by atoms with Crippen molar-refractivity contribution in [2.24, 2.45) is 5.92 Å². The molecule has 0 saturated heterocycles. The Morgan fingerprint density at radius 3 is 3.17 bits per heavy atom. The number of fused-ring (bicyclic) bond motifs is 2. The van der Waals surface area contributed by atoms with Gasteiger partial charge in [-0.25, -0.2) is 0 Å². The zero-order valence-corrected chi connectivity index (χ0v) is 13.0. The fourth-order valence-corrected chi connectivity index (χ4v) is 3.60. The van der Waals surface area contributed by atoms with Crippen molar-refractivity contribution >= 4 is 5.97 Å². The molecule has 1 saturated carbocycles. The lowest BCUT2D eigenvalue weighted by Gasteiger charge is -2.26. The maximum Gasteiger partial charge on any atom is 0.309 e. The normalized spacial score (nSPS) is 24.8. The quantitative estimate of drug-likeness (QED) is 0.629. The molecule has 2 aromatic rings. The highest BCUT2D eigenvalue weighted by Gasteiger charge is 2.61. The molecule has 1 aliphatic carbocycles. The van der Waals surface area contributed by atoms with Crippen molar-refractivity contribution in [3.63, 3.8) is 0 Å². The summed E-state index contributed by atoms with van der Waals surface area (Å²) >= 11 is 0. The van der Waals surface area contributed by atoms with Crippen LogP contribution in [-0.2, 0) is 21.5 Å². The standard InChI is InChI=1S/C18H20N2O3/c21-17(23-11-4-10-20-9-3-8-19-20)15-13-18(15)7-12-22-16-6-2-1-5-14(16)18/h1-3,5-6,8-9,15H,4,7,10-13H2/t15-,18+/m1/s1. The Morgan fingerprint density at radius 1 is 1.39 bits per heavy atom. The average Bonchev–Trinajstić information content (AvgIpc) is 3.05. The van der Waals surface area contributed by atoms with Gasteiger partial charge < -0.3 is 9.47 Å². The van der Waals surface area contributed by atoms with E-state index in [0.717, 1.165) is 31.6 Å². The first-order chi connectivity index (χ1) is 11.3. The van der Waals surface area contributed by atoms with Gasteiger partial charge in [0.2, 0.25) is 0 Å². The van der Waals surface area contributed by atoms with Crippen LogP contribution in [-0.4, -0.2) is 29.0 Å². The molecule has 2 aliphatic rings. The Bertz CT molecular complexity index is 698. The number of aryl methyl sites for hydroxylation is 1. The molecule has 1 aliphatic heterocycles. The zero-order valence-electron chi connectivity index (χ0n) is 13.0. The third-order valence-electron chi connectivity index (χ3n) is 4.92. The molecule has 2 atom stereocenters. The van der Waals surface area contributed by atoms with Crippen LogP contribution in [0.3, 0.4) is 0 Å². The summed E-state index contributed by atoms with van der Waals surface area (Å²) in [5.41, 5.74) is 1.12. The van der Waals surface area contributed by atoms with Gasteiger partial charge in [0, 0.05) is 36.3 Å². The molecule has 2 heterocycles. The van der Waals surface area contributed by atoms with E-state index in [1.165, 1.54) is 5.56 Å². The number of rotatable bonds is 5. The molecule has 4 rings (SSSR count). The van der Waals surface area contributed by atoms with Gasteiger partial charge in [0.15, 0.2) is 0 Å². The second-order valence-corrected chi connectivity index (χ2v) is 6.30. The van der Waals surface area contributed by atoms with E-state index < -0.39 is 0 Å². The number of esters is 1. The van der Waals surface area contributed by atoms with Gasteiger partial charge in [0.1, 0.15) is 5.75 Å². The summed E-state index contributed by atoms with van der Waals surface area (Å²) in [6.07, 6.45) is 6.23. The zero-order chi connectivity index (χ0) is 15.7. The highest BCUT2D eigenvalue weighted by molar-refractivity contribution is 5.80. The first-order valence-electron chi connectivity index (χ1n) is 8.16. The summed E-state index contributed by atoms with van der Waals surface area (Å²) in [4.78, 5) is 12.4. The molecule has 0 bridgehead atoms. The van der Waals surface area contributed by atoms with Gasteiger partial charge in [-0.1, -0.05) is 18.2 Å². The molecule has 23 heavy (non-hydrogen) atoms. The SMILES string of the molecule is O=C(OCCCn1cccn1)[C@H]1C[C@]12CCOc1ccccc12. The monoisotopic (exact) mass is 312 g/mol. The molecular formula is C18H20N2O3. The topological polar surface area (TPSA) is 53.4 Å². The number of ether oxygens (including phenoxy) is 2. The van der Waals surface area contributed by atoms with Crippen molar-refractivity contribution in [3.05, 3.63) is 48.3 Å². The van der Waals surface area contributed by atoms with Gasteiger partial charge in [-0.2, -0.15) is 5.10 Å². The van der Waals surface area contributed by atoms with E-state index in [4.69, 9.17) is 9.47 Å². The number of para-hydroxylation sites is 1. The van der Waals surface area contributed by atoms with Crippen LogP contribution in [0.15, 0.2) is 42.7 Å². The molecule has 1 aromatic heterocycles. The number of benzene rings is 1. The van der Waals surface area contributed by atoms with Crippen molar-refractivity contribution in [1.82, 2.24) is 9.78 Å². The van der Waals surface area contributed by atoms with Gasteiger partial charge in [0.05, 0.1) is 19.1 Å². The van der Waals surface area contributed by atoms with E-state index in [9.17, 15) is 4.79 Å². The molecule has 0 N–H and O–H groups in total. The van der Waals surface area contributed by atoms with Crippen molar-refractivity contribution in [3.8, 4) is 5.75 Å². The largest absolute Gasteiger partial charge is 0.493 e. The van der Waals surface area contributed by atoms with Crippen LogP contribution >= 0.6 is 0 Å². The second kappa shape index (κ2) is 5.72. The van der Waals surface area contributed by atoms with Crippen molar-refractivity contribution < 1.29 is 14.3 Å². The summed E-state index contributed by atoms with van der Waals surface area (Å²) in [6, 6.07) is 9.95. The molecule has 0 radical (unpaired) electrons. The minimum absolute atomic E-state index is 0.0164. The summed E-state index contributed by atoms with van der Waals surface area (Å²) in [5, 5.41) is 4.14. The smallest absolute Gasteiger partial charge is 0.309 e. The molecular weight excluding hydrogens is 292 g/mol. The first-order valence-corrected chi connectivity index (χ1v) is 8.16. The van der Waals surface area contributed by atoms with E-state index in [-0.39, 0.29) is 17.3 Å². The van der Waals surface area contributed by atoms with Crippen molar-refractivity contribution in [1.29, 1.82) is 0 Å². The van der Waals surface area contributed by atoms with E-state index in [0.29, 0.717) is 13.2 Å². The fraction of sp³-hybridized carbons (Fsp3) is 0.444. The molecule has 1 fully saturated rings.